The van der Waals surface area contributed by atoms with Gasteiger partial charge in [-0.05, 0) is 48.9 Å². The number of benzene rings is 2. The van der Waals surface area contributed by atoms with Gasteiger partial charge in [0.1, 0.15) is 17.1 Å². The van der Waals surface area contributed by atoms with E-state index in [2.05, 4.69) is 10.5 Å². The van der Waals surface area contributed by atoms with Crippen molar-refractivity contribution in [2.45, 2.75) is 13.5 Å². The number of carbonyl (C=O) groups is 1. The number of aryl methyl sites for hydroxylation is 1. The quantitative estimate of drug-likeness (QED) is 0.734. The van der Waals surface area contributed by atoms with Gasteiger partial charge >= 0.3 is 0 Å². The second-order valence-corrected chi connectivity index (χ2v) is 5.73. The Bertz CT molecular complexity index is 883. The Morgan fingerprint density at radius 3 is 2.15 bits per heavy atom. The number of hydrogen-bond donors (Lipinski definition) is 1. The Kier molecular flexibility index (Phi) is 5.22. The molecule has 6 nitrogen and oxygen atoms in total. The summed E-state index contributed by atoms with van der Waals surface area (Å²) in [5.74, 6) is 1.72. The molecule has 0 aliphatic heterocycles. The van der Waals surface area contributed by atoms with Crippen LogP contribution in [-0.2, 0) is 6.54 Å². The molecule has 0 fully saturated rings. The zero-order chi connectivity index (χ0) is 18.5. The molecule has 2 aromatic carbocycles. The fourth-order valence-electron chi connectivity index (χ4n) is 2.59. The van der Waals surface area contributed by atoms with Crippen molar-refractivity contribution >= 4 is 5.91 Å². The largest absolute Gasteiger partial charge is 0.497 e. The minimum absolute atomic E-state index is 0.231. The summed E-state index contributed by atoms with van der Waals surface area (Å²) in [6, 6.07) is 14.8. The van der Waals surface area contributed by atoms with Crippen LogP contribution < -0.4 is 14.8 Å². The predicted octanol–water partition coefficient (Wildman–Crippen LogP) is 3.60. The zero-order valence-corrected chi connectivity index (χ0v) is 14.9. The molecule has 1 amide bonds. The Morgan fingerprint density at radius 2 is 1.58 bits per heavy atom. The molecule has 3 rings (SSSR count). The smallest absolute Gasteiger partial charge is 0.257 e. The van der Waals surface area contributed by atoms with E-state index in [-0.39, 0.29) is 5.91 Å². The average molecular weight is 352 g/mol. The maximum absolute atomic E-state index is 12.7. The number of methoxy groups -OCH3 is 2. The third-order valence-corrected chi connectivity index (χ3v) is 4.05. The van der Waals surface area contributed by atoms with Crippen LogP contribution in [0.3, 0.4) is 0 Å². The van der Waals surface area contributed by atoms with Gasteiger partial charge in [-0.1, -0.05) is 17.3 Å². The molecule has 0 aliphatic carbocycles. The first-order valence-electron chi connectivity index (χ1n) is 8.14. The molecule has 6 heteroatoms. The standard InChI is InChI=1S/C20H20N2O4/c1-13-18(19(26-22-13)15-6-10-17(25-3)11-7-15)20(23)21-12-14-4-8-16(24-2)9-5-14/h4-11H,12H2,1-3H3,(H,21,23). The summed E-state index contributed by atoms with van der Waals surface area (Å²) in [6.07, 6.45) is 0. The van der Waals surface area contributed by atoms with E-state index in [1.54, 1.807) is 21.1 Å². The monoisotopic (exact) mass is 352 g/mol. The van der Waals surface area contributed by atoms with E-state index in [1.165, 1.54) is 0 Å². The Balaban J connectivity index is 1.77. The summed E-state index contributed by atoms with van der Waals surface area (Å²) in [7, 11) is 3.22. The topological polar surface area (TPSA) is 73.6 Å². The fraction of sp³-hybridized carbons (Fsp3) is 0.200. The molecule has 0 saturated carbocycles. The molecule has 0 atom stereocenters. The molecule has 134 valence electrons. The van der Waals surface area contributed by atoms with E-state index in [0.717, 1.165) is 22.6 Å². The molecule has 0 aliphatic rings. The van der Waals surface area contributed by atoms with Gasteiger partial charge in [0.2, 0.25) is 0 Å². The van der Waals surface area contributed by atoms with Gasteiger partial charge < -0.3 is 19.3 Å². The highest BCUT2D eigenvalue weighted by Crippen LogP contribution is 2.28. The van der Waals surface area contributed by atoms with Crippen molar-refractivity contribution in [2.24, 2.45) is 0 Å². The zero-order valence-electron chi connectivity index (χ0n) is 14.9. The van der Waals surface area contributed by atoms with E-state index in [4.69, 9.17) is 14.0 Å². The first-order valence-corrected chi connectivity index (χ1v) is 8.14. The minimum Gasteiger partial charge on any atom is -0.497 e. The lowest BCUT2D eigenvalue weighted by Crippen LogP contribution is -2.23. The van der Waals surface area contributed by atoms with Crippen molar-refractivity contribution in [2.75, 3.05) is 14.2 Å². The van der Waals surface area contributed by atoms with Gasteiger partial charge in [0, 0.05) is 12.1 Å². The van der Waals surface area contributed by atoms with Crippen molar-refractivity contribution in [3.8, 4) is 22.8 Å². The number of carbonyl (C=O) groups excluding carboxylic acids is 1. The normalized spacial score (nSPS) is 10.4. The summed E-state index contributed by atoms with van der Waals surface area (Å²) in [5, 5.41) is 6.86. The van der Waals surface area contributed by atoms with E-state index >= 15 is 0 Å². The van der Waals surface area contributed by atoms with E-state index in [1.807, 2.05) is 48.5 Å². The number of rotatable bonds is 6. The van der Waals surface area contributed by atoms with Crippen LogP contribution in [0.5, 0.6) is 11.5 Å². The van der Waals surface area contributed by atoms with Crippen molar-refractivity contribution < 1.29 is 18.8 Å². The van der Waals surface area contributed by atoms with Gasteiger partial charge in [-0.15, -0.1) is 0 Å². The predicted molar refractivity (Wildman–Crippen MR) is 97.4 cm³/mol. The van der Waals surface area contributed by atoms with Crippen LogP contribution in [0.2, 0.25) is 0 Å². The molecule has 1 aromatic heterocycles. The van der Waals surface area contributed by atoms with Crippen LogP contribution >= 0.6 is 0 Å². The molecule has 1 N–H and O–H groups in total. The summed E-state index contributed by atoms with van der Waals surface area (Å²) < 4.78 is 15.7. The third kappa shape index (κ3) is 3.69. The number of amides is 1. The lowest BCUT2D eigenvalue weighted by molar-refractivity contribution is 0.0950. The molecule has 26 heavy (non-hydrogen) atoms. The maximum atomic E-state index is 12.7. The van der Waals surface area contributed by atoms with Gasteiger partial charge in [0.05, 0.1) is 19.9 Å². The first-order chi connectivity index (χ1) is 12.6. The lowest BCUT2D eigenvalue weighted by atomic mass is 10.1. The lowest BCUT2D eigenvalue weighted by Gasteiger charge is -2.07. The number of hydrogen-bond acceptors (Lipinski definition) is 5. The first kappa shape index (κ1) is 17.5. The number of aromatic nitrogens is 1. The van der Waals surface area contributed by atoms with Gasteiger partial charge in [-0.2, -0.15) is 0 Å². The highest BCUT2D eigenvalue weighted by molar-refractivity contribution is 6.00. The van der Waals surface area contributed by atoms with Gasteiger partial charge in [0.15, 0.2) is 5.76 Å². The average Bonchev–Trinajstić information content (AvgIpc) is 3.08. The van der Waals surface area contributed by atoms with E-state index in [0.29, 0.717) is 23.6 Å². The summed E-state index contributed by atoms with van der Waals surface area (Å²) in [4.78, 5) is 12.7. The summed E-state index contributed by atoms with van der Waals surface area (Å²) in [5.41, 5.74) is 2.71. The molecule has 0 unspecified atom stereocenters. The van der Waals surface area contributed by atoms with Crippen molar-refractivity contribution in [3.63, 3.8) is 0 Å². The van der Waals surface area contributed by atoms with Gasteiger partial charge in [0.25, 0.3) is 5.91 Å². The molecule has 0 spiro atoms. The van der Waals surface area contributed by atoms with Crippen LogP contribution in [0.1, 0.15) is 21.6 Å². The Hall–Kier alpha value is -3.28. The van der Waals surface area contributed by atoms with Crippen molar-refractivity contribution in [1.29, 1.82) is 0 Å². The SMILES string of the molecule is COc1ccc(CNC(=O)c2c(C)noc2-c2ccc(OC)cc2)cc1. The molecule has 3 aromatic rings. The van der Waals surface area contributed by atoms with Crippen LogP contribution in [-0.4, -0.2) is 25.3 Å². The summed E-state index contributed by atoms with van der Waals surface area (Å²) in [6.45, 7) is 2.15. The van der Waals surface area contributed by atoms with E-state index < -0.39 is 0 Å². The molecular weight excluding hydrogens is 332 g/mol. The number of nitrogens with zero attached hydrogens (tertiary/aromatic N) is 1. The maximum Gasteiger partial charge on any atom is 0.257 e. The minimum atomic E-state index is -0.231. The molecule has 1 heterocycles. The molecule has 0 radical (unpaired) electrons. The van der Waals surface area contributed by atoms with Gasteiger partial charge in [-0.25, -0.2) is 0 Å². The second-order valence-electron chi connectivity index (χ2n) is 5.73. The van der Waals surface area contributed by atoms with Gasteiger partial charge in [-0.3, -0.25) is 4.79 Å². The van der Waals surface area contributed by atoms with E-state index in [9.17, 15) is 4.79 Å². The van der Waals surface area contributed by atoms with Crippen molar-refractivity contribution in [3.05, 3.63) is 65.4 Å². The summed E-state index contributed by atoms with van der Waals surface area (Å²) >= 11 is 0. The van der Waals surface area contributed by atoms with Crippen LogP contribution in [0.15, 0.2) is 53.1 Å². The van der Waals surface area contributed by atoms with Crippen LogP contribution in [0.25, 0.3) is 11.3 Å². The molecule has 0 bridgehead atoms. The van der Waals surface area contributed by atoms with Crippen LogP contribution in [0, 0.1) is 6.92 Å². The third-order valence-electron chi connectivity index (χ3n) is 4.05. The number of nitrogens with one attached hydrogen (secondary N) is 1. The second kappa shape index (κ2) is 7.74. The highest BCUT2D eigenvalue weighted by atomic mass is 16.5. The Labute approximate surface area is 151 Å². The Morgan fingerprint density at radius 1 is 1.00 bits per heavy atom. The van der Waals surface area contributed by atoms with Crippen LogP contribution in [0.4, 0.5) is 0 Å². The van der Waals surface area contributed by atoms with Crippen molar-refractivity contribution in [1.82, 2.24) is 10.5 Å². The number of ether oxygens (including phenoxy) is 2. The molecular formula is C20H20N2O4. The fourth-order valence-corrected chi connectivity index (χ4v) is 2.59. The molecule has 0 saturated heterocycles. The highest BCUT2D eigenvalue weighted by Gasteiger charge is 2.21.